The van der Waals surface area contributed by atoms with Crippen LogP contribution in [0.25, 0.3) is 10.6 Å². The van der Waals surface area contributed by atoms with E-state index in [2.05, 4.69) is 10.4 Å². The highest BCUT2D eigenvalue weighted by Gasteiger charge is 2.20. The van der Waals surface area contributed by atoms with Gasteiger partial charge in [-0.25, -0.2) is 4.68 Å². The maximum absolute atomic E-state index is 12.6. The topological polar surface area (TPSA) is 64.0 Å². The fraction of sp³-hybridized carbons (Fsp3) is 0.350. The van der Waals surface area contributed by atoms with Gasteiger partial charge in [0.15, 0.2) is 0 Å². The Morgan fingerprint density at radius 3 is 2.96 bits per heavy atom. The monoisotopic (exact) mass is 399 g/mol. The second-order valence-corrected chi connectivity index (χ2v) is 8.79. The van der Waals surface area contributed by atoms with E-state index in [0.29, 0.717) is 6.54 Å². The van der Waals surface area contributed by atoms with Gasteiger partial charge in [-0.05, 0) is 54.8 Å². The molecular weight excluding hydrogens is 378 g/mol. The molecule has 3 aromatic rings. The van der Waals surface area contributed by atoms with Crippen molar-refractivity contribution in [2.24, 2.45) is 0 Å². The molecule has 3 aromatic heterocycles. The average Bonchev–Trinajstić information content (AvgIpc) is 3.39. The van der Waals surface area contributed by atoms with Gasteiger partial charge < -0.3 is 5.32 Å². The second kappa shape index (κ2) is 7.78. The predicted molar refractivity (Wildman–Crippen MR) is 110 cm³/mol. The van der Waals surface area contributed by atoms with Gasteiger partial charge in [-0.3, -0.25) is 9.59 Å². The number of aryl methyl sites for hydroxylation is 2. The van der Waals surface area contributed by atoms with E-state index in [4.69, 9.17) is 0 Å². The Morgan fingerprint density at radius 2 is 2.22 bits per heavy atom. The Bertz CT molecular complexity index is 983. The molecule has 7 heteroatoms. The van der Waals surface area contributed by atoms with Gasteiger partial charge >= 0.3 is 0 Å². The number of aromatic nitrogens is 2. The Balaban J connectivity index is 1.49. The zero-order valence-corrected chi connectivity index (χ0v) is 16.7. The van der Waals surface area contributed by atoms with Crippen LogP contribution in [0.2, 0.25) is 0 Å². The number of carbonyl (C=O) groups excluding carboxylic acids is 1. The molecule has 5 nitrogen and oxygen atoms in total. The van der Waals surface area contributed by atoms with E-state index in [1.165, 1.54) is 21.5 Å². The molecule has 1 amide bonds. The van der Waals surface area contributed by atoms with Crippen LogP contribution < -0.4 is 10.9 Å². The van der Waals surface area contributed by atoms with Crippen LogP contribution in [0.5, 0.6) is 0 Å². The minimum absolute atomic E-state index is 0.0521. The molecular formula is C20H21N3O2S2. The molecule has 0 bridgehead atoms. The average molecular weight is 400 g/mol. The van der Waals surface area contributed by atoms with E-state index in [1.54, 1.807) is 34.8 Å². The normalized spacial score (nSPS) is 14.1. The first-order valence-electron chi connectivity index (χ1n) is 9.18. The van der Waals surface area contributed by atoms with E-state index in [-0.39, 0.29) is 17.5 Å². The number of nitrogens with one attached hydrogen (secondary N) is 1. The lowest BCUT2D eigenvalue weighted by molar-refractivity contribution is 0.0934. The SMILES string of the molecule is CC[C@H](Cn1nc(-c2cccs2)ccc1=O)NC(=O)c1cc2c(s1)CCC2. The number of thiophene rings is 2. The number of hydrogen-bond acceptors (Lipinski definition) is 5. The number of hydrogen-bond donors (Lipinski definition) is 1. The predicted octanol–water partition coefficient (Wildman–Crippen LogP) is 3.73. The molecule has 0 saturated heterocycles. The van der Waals surface area contributed by atoms with Crippen molar-refractivity contribution in [1.29, 1.82) is 0 Å². The molecule has 3 heterocycles. The van der Waals surface area contributed by atoms with Crippen LogP contribution >= 0.6 is 22.7 Å². The van der Waals surface area contributed by atoms with Gasteiger partial charge in [0.1, 0.15) is 5.69 Å². The number of nitrogens with zero attached hydrogens (tertiary/aromatic N) is 2. The summed E-state index contributed by atoms with van der Waals surface area (Å²) in [5, 5.41) is 9.55. The fourth-order valence-corrected chi connectivity index (χ4v) is 5.17. The Kier molecular flexibility index (Phi) is 5.22. The van der Waals surface area contributed by atoms with Crippen molar-refractivity contribution >= 4 is 28.6 Å². The van der Waals surface area contributed by atoms with Crippen molar-refractivity contribution in [3.05, 3.63) is 61.4 Å². The van der Waals surface area contributed by atoms with Gasteiger partial charge in [0.2, 0.25) is 0 Å². The van der Waals surface area contributed by atoms with Crippen LogP contribution in [0.3, 0.4) is 0 Å². The highest BCUT2D eigenvalue weighted by molar-refractivity contribution is 7.14. The number of fused-ring (bicyclic) bond motifs is 1. The molecule has 1 aliphatic rings. The van der Waals surface area contributed by atoms with E-state index >= 15 is 0 Å². The van der Waals surface area contributed by atoms with Crippen molar-refractivity contribution in [2.75, 3.05) is 0 Å². The summed E-state index contributed by atoms with van der Waals surface area (Å²) in [4.78, 5) is 28.0. The highest BCUT2D eigenvalue weighted by atomic mass is 32.1. The van der Waals surface area contributed by atoms with Crippen molar-refractivity contribution in [2.45, 2.75) is 45.2 Å². The van der Waals surface area contributed by atoms with E-state index < -0.39 is 0 Å². The summed E-state index contributed by atoms with van der Waals surface area (Å²) >= 11 is 3.19. The van der Waals surface area contributed by atoms with Crippen molar-refractivity contribution < 1.29 is 4.79 Å². The van der Waals surface area contributed by atoms with Crippen LogP contribution in [-0.4, -0.2) is 21.7 Å². The minimum atomic E-state index is -0.155. The largest absolute Gasteiger partial charge is 0.347 e. The van der Waals surface area contributed by atoms with Gasteiger partial charge in [0.25, 0.3) is 11.5 Å². The minimum Gasteiger partial charge on any atom is -0.347 e. The molecule has 1 aliphatic carbocycles. The van der Waals surface area contributed by atoms with Gasteiger partial charge in [-0.2, -0.15) is 5.10 Å². The lowest BCUT2D eigenvalue weighted by atomic mass is 10.2. The molecule has 4 rings (SSSR count). The van der Waals surface area contributed by atoms with E-state index in [0.717, 1.165) is 34.7 Å². The smallest absolute Gasteiger partial charge is 0.266 e. The maximum Gasteiger partial charge on any atom is 0.266 e. The molecule has 0 aliphatic heterocycles. The van der Waals surface area contributed by atoms with Gasteiger partial charge in [0.05, 0.1) is 16.3 Å². The first-order valence-corrected chi connectivity index (χ1v) is 10.9. The molecule has 0 unspecified atom stereocenters. The summed E-state index contributed by atoms with van der Waals surface area (Å²) in [5.41, 5.74) is 1.94. The van der Waals surface area contributed by atoms with Gasteiger partial charge in [0, 0.05) is 17.0 Å². The molecule has 0 radical (unpaired) electrons. The van der Waals surface area contributed by atoms with Crippen molar-refractivity contribution in [1.82, 2.24) is 15.1 Å². The summed E-state index contributed by atoms with van der Waals surface area (Å²) in [7, 11) is 0. The zero-order valence-electron chi connectivity index (χ0n) is 15.1. The van der Waals surface area contributed by atoms with Crippen LogP contribution in [0, 0.1) is 0 Å². The van der Waals surface area contributed by atoms with E-state index in [1.807, 2.05) is 30.5 Å². The quantitative estimate of drug-likeness (QED) is 0.687. The fourth-order valence-electron chi connectivity index (χ4n) is 3.32. The Morgan fingerprint density at radius 1 is 1.33 bits per heavy atom. The number of carbonyl (C=O) groups is 1. The number of amides is 1. The van der Waals surface area contributed by atoms with Gasteiger partial charge in [-0.15, -0.1) is 22.7 Å². The molecule has 1 N–H and O–H groups in total. The first kappa shape index (κ1) is 18.1. The third-order valence-electron chi connectivity index (χ3n) is 4.83. The van der Waals surface area contributed by atoms with Crippen molar-refractivity contribution in [3.63, 3.8) is 0 Å². The van der Waals surface area contributed by atoms with Gasteiger partial charge in [-0.1, -0.05) is 13.0 Å². The Hall–Kier alpha value is -2.25. The third kappa shape index (κ3) is 3.89. The summed E-state index contributed by atoms with van der Waals surface area (Å²) < 4.78 is 1.46. The molecule has 0 saturated carbocycles. The summed E-state index contributed by atoms with van der Waals surface area (Å²) in [6.45, 7) is 2.37. The molecule has 140 valence electrons. The molecule has 0 fully saturated rings. The summed E-state index contributed by atoms with van der Waals surface area (Å²) in [5.74, 6) is -0.0521. The summed E-state index contributed by atoms with van der Waals surface area (Å²) in [6, 6.07) is 9.12. The van der Waals surface area contributed by atoms with Crippen LogP contribution in [0.1, 0.15) is 39.9 Å². The molecule has 0 spiro atoms. The zero-order chi connectivity index (χ0) is 18.8. The molecule has 27 heavy (non-hydrogen) atoms. The first-order chi connectivity index (χ1) is 13.1. The Labute approximate surface area is 165 Å². The number of rotatable bonds is 6. The van der Waals surface area contributed by atoms with Crippen molar-refractivity contribution in [3.8, 4) is 10.6 Å². The van der Waals surface area contributed by atoms with Crippen LogP contribution in [0.4, 0.5) is 0 Å². The summed E-state index contributed by atoms with van der Waals surface area (Å²) in [6.07, 6.45) is 4.08. The third-order valence-corrected chi connectivity index (χ3v) is 6.96. The standard InChI is InChI=1S/C20H21N3O2S2/c1-2-14(21-20(25)18-11-13-5-3-6-16(13)27-18)12-23-19(24)9-8-15(22-23)17-7-4-10-26-17/h4,7-11,14H,2-3,5-6,12H2,1H3,(H,21,25)/t14-/m1/s1. The molecule has 1 atom stereocenters. The van der Waals surface area contributed by atoms with E-state index in [9.17, 15) is 9.59 Å². The lowest BCUT2D eigenvalue weighted by Crippen LogP contribution is -2.40. The molecule has 0 aromatic carbocycles. The van der Waals surface area contributed by atoms with Crippen LogP contribution in [0.15, 0.2) is 40.5 Å². The maximum atomic E-state index is 12.6. The lowest BCUT2D eigenvalue weighted by Gasteiger charge is -2.17. The van der Waals surface area contributed by atoms with Crippen LogP contribution in [-0.2, 0) is 19.4 Å². The second-order valence-electron chi connectivity index (χ2n) is 6.71. The highest BCUT2D eigenvalue weighted by Crippen LogP contribution is 2.30.